The number of hydrogen-bond acceptors (Lipinski definition) is 5. The molecular formula is C24H19N3O4. The van der Waals surface area contributed by atoms with Gasteiger partial charge in [0, 0.05) is 28.6 Å². The minimum Gasteiger partial charge on any atom is -0.624 e. The van der Waals surface area contributed by atoms with Gasteiger partial charge in [0.2, 0.25) is 0 Å². The molecule has 0 amide bonds. The van der Waals surface area contributed by atoms with E-state index in [0.717, 1.165) is 21.2 Å². The molecular weight excluding hydrogens is 394 g/mol. The number of rotatable bonds is 6. The first kappa shape index (κ1) is 20.0. The van der Waals surface area contributed by atoms with E-state index in [-0.39, 0.29) is 12.2 Å². The average Bonchev–Trinajstić information content (AvgIpc) is 2.79. The number of nitro benzene ring substituents is 1. The van der Waals surface area contributed by atoms with E-state index in [4.69, 9.17) is 9.72 Å². The van der Waals surface area contributed by atoms with E-state index in [9.17, 15) is 15.3 Å². The molecule has 0 unspecified atom stereocenters. The first-order valence-electron chi connectivity index (χ1n) is 9.60. The lowest BCUT2D eigenvalue weighted by atomic mass is 10.0. The summed E-state index contributed by atoms with van der Waals surface area (Å²) >= 11 is 0. The Bertz CT molecular complexity index is 1270. The number of methoxy groups -OCH3 is 1. The molecule has 7 heteroatoms. The summed E-state index contributed by atoms with van der Waals surface area (Å²) in [6.07, 6.45) is 1.50. The average molecular weight is 413 g/mol. The molecule has 0 N–H and O–H groups in total. The maximum absolute atomic E-state index is 12.7. The molecule has 0 aliphatic rings. The van der Waals surface area contributed by atoms with Crippen molar-refractivity contribution in [3.63, 3.8) is 0 Å². The molecule has 0 saturated heterocycles. The molecule has 0 radical (unpaired) electrons. The summed E-state index contributed by atoms with van der Waals surface area (Å²) in [7, 11) is 1.59. The summed E-state index contributed by atoms with van der Waals surface area (Å²) in [6.45, 7) is 0.191. The van der Waals surface area contributed by atoms with E-state index >= 15 is 0 Å². The Balaban J connectivity index is 1.82. The molecule has 0 atom stereocenters. The Morgan fingerprint density at radius 3 is 2.39 bits per heavy atom. The lowest BCUT2D eigenvalue weighted by Crippen LogP contribution is -2.07. The zero-order valence-electron chi connectivity index (χ0n) is 16.8. The van der Waals surface area contributed by atoms with Crippen LogP contribution in [0.1, 0.15) is 11.1 Å². The fraction of sp³-hybridized carbons (Fsp3) is 0.0833. The van der Waals surface area contributed by atoms with E-state index < -0.39 is 4.92 Å². The predicted octanol–water partition coefficient (Wildman–Crippen LogP) is 4.95. The maximum atomic E-state index is 12.7. The van der Waals surface area contributed by atoms with E-state index in [1.54, 1.807) is 19.2 Å². The minimum absolute atomic E-state index is 0.00525. The number of pyridine rings is 1. The summed E-state index contributed by atoms with van der Waals surface area (Å²) < 4.78 is 6.15. The molecule has 154 valence electrons. The summed E-state index contributed by atoms with van der Waals surface area (Å²) in [6, 6.07) is 23.0. The number of hydroxylamine groups is 1. The number of non-ortho nitro benzene ring substituents is 1. The molecule has 3 aromatic carbocycles. The van der Waals surface area contributed by atoms with E-state index in [2.05, 4.69) is 0 Å². The molecule has 31 heavy (non-hydrogen) atoms. The van der Waals surface area contributed by atoms with Crippen LogP contribution in [-0.4, -0.2) is 28.0 Å². The van der Waals surface area contributed by atoms with E-state index in [0.29, 0.717) is 22.6 Å². The Kier molecular flexibility index (Phi) is 5.57. The van der Waals surface area contributed by atoms with Gasteiger partial charge in [-0.2, -0.15) is 0 Å². The second kappa shape index (κ2) is 8.62. The molecule has 0 fully saturated rings. The molecule has 0 aliphatic heterocycles. The Morgan fingerprint density at radius 2 is 1.71 bits per heavy atom. The second-order valence-corrected chi connectivity index (χ2v) is 6.98. The highest BCUT2D eigenvalue weighted by Crippen LogP contribution is 2.28. The maximum Gasteiger partial charge on any atom is 0.269 e. The fourth-order valence-electron chi connectivity index (χ4n) is 3.33. The summed E-state index contributed by atoms with van der Waals surface area (Å²) in [5.41, 5.74) is 3.48. The lowest BCUT2D eigenvalue weighted by molar-refractivity contribution is -0.469. The fourth-order valence-corrected chi connectivity index (χ4v) is 3.33. The van der Waals surface area contributed by atoms with E-state index in [1.807, 2.05) is 54.6 Å². The van der Waals surface area contributed by atoms with Crippen LogP contribution in [0, 0.1) is 15.3 Å². The van der Waals surface area contributed by atoms with Gasteiger partial charge in [-0.05, 0) is 36.4 Å². The van der Waals surface area contributed by atoms with Crippen LogP contribution >= 0.6 is 0 Å². The van der Waals surface area contributed by atoms with Crippen molar-refractivity contribution in [2.75, 3.05) is 7.11 Å². The van der Waals surface area contributed by atoms with Gasteiger partial charge in [-0.1, -0.05) is 30.3 Å². The smallest absolute Gasteiger partial charge is 0.269 e. The number of ether oxygens (including phenoxy) is 1. The largest absolute Gasteiger partial charge is 0.624 e. The highest BCUT2D eigenvalue weighted by Gasteiger charge is 2.14. The number of benzene rings is 3. The molecule has 1 heterocycles. The van der Waals surface area contributed by atoms with Crippen molar-refractivity contribution in [1.82, 2.24) is 4.98 Å². The van der Waals surface area contributed by atoms with Crippen LogP contribution in [-0.2, 0) is 6.54 Å². The van der Waals surface area contributed by atoms with Gasteiger partial charge in [0.15, 0.2) is 12.8 Å². The third-order valence-corrected chi connectivity index (χ3v) is 4.87. The first-order valence-corrected chi connectivity index (χ1v) is 9.60. The second-order valence-electron chi connectivity index (χ2n) is 6.98. The van der Waals surface area contributed by atoms with Crippen LogP contribution in [0.25, 0.3) is 22.2 Å². The van der Waals surface area contributed by atoms with Gasteiger partial charge in [-0.15, -0.1) is 0 Å². The number of nitro groups is 1. The molecule has 0 saturated carbocycles. The monoisotopic (exact) mass is 413 g/mol. The third kappa shape index (κ3) is 4.51. The van der Waals surface area contributed by atoms with Gasteiger partial charge >= 0.3 is 0 Å². The van der Waals surface area contributed by atoms with Crippen LogP contribution in [0.5, 0.6) is 5.75 Å². The van der Waals surface area contributed by atoms with Crippen molar-refractivity contribution in [1.29, 1.82) is 0 Å². The number of aromatic nitrogens is 1. The number of nitrogens with zero attached hydrogens (tertiary/aromatic N) is 3. The molecule has 7 nitrogen and oxygen atoms in total. The van der Waals surface area contributed by atoms with Gasteiger partial charge in [-0.3, -0.25) is 10.1 Å². The zero-order chi connectivity index (χ0) is 21.8. The van der Waals surface area contributed by atoms with Gasteiger partial charge in [-0.25, -0.2) is 9.72 Å². The Morgan fingerprint density at radius 1 is 0.968 bits per heavy atom. The summed E-state index contributed by atoms with van der Waals surface area (Å²) in [5, 5.41) is 24.5. The van der Waals surface area contributed by atoms with Crippen LogP contribution < -0.4 is 4.74 Å². The minimum atomic E-state index is -0.448. The summed E-state index contributed by atoms with van der Waals surface area (Å²) in [5.74, 6) is 0.687. The lowest BCUT2D eigenvalue weighted by Gasteiger charge is -2.10. The van der Waals surface area contributed by atoms with Crippen molar-refractivity contribution in [2.24, 2.45) is 0 Å². The number of fused-ring (bicyclic) bond motifs is 1. The number of hydrogen-bond donors (Lipinski definition) is 0. The molecule has 0 bridgehead atoms. The standard InChI is InChI=1S/C24H19N3O4/c1-31-22-11-12-23-19(14-22)13-20(16-26(28)15-17-5-3-2-4-6-17)24(25-23)18-7-9-21(10-8-18)27(29)30/h2-14,16H,15H2,1H3/b26-16-. The van der Waals surface area contributed by atoms with Crippen molar-refractivity contribution in [2.45, 2.75) is 6.54 Å². The highest BCUT2D eigenvalue weighted by atomic mass is 16.6. The Labute approximate surface area is 178 Å². The molecule has 0 aliphatic carbocycles. The van der Waals surface area contributed by atoms with Crippen LogP contribution in [0.4, 0.5) is 5.69 Å². The van der Waals surface area contributed by atoms with Gasteiger partial charge in [0.05, 0.1) is 28.8 Å². The zero-order valence-corrected chi connectivity index (χ0v) is 16.8. The highest BCUT2D eigenvalue weighted by molar-refractivity contribution is 5.94. The summed E-state index contributed by atoms with van der Waals surface area (Å²) in [4.78, 5) is 15.3. The first-order chi connectivity index (χ1) is 15.0. The predicted molar refractivity (Wildman–Crippen MR) is 119 cm³/mol. The van der Waals surface area contributed by atoms with E-state index in [1.165, 1.54) is 18.3 Å². The van der Waals surface area contributed by atoms with Crippen molar-refractivity contribution in [3.05, 3.63) is 105 Å². The van der Waals surface area contributed by atoms with Crippen LogP contribution in [0.2, 0.25) is 0 Å². The molecule has 1 aromatic heterocycles. The topological polar surface area (TPSA) is 91.3 Å². The molecule has 4 rings (SSSR count). The van der Waals surface area contributed by atoms with Gasteiger partial charge in [0.1, 0.15) is 5.75 Å². The van der Waals surface area contributed by atoms with Crippen LogP contribution in [0.15, 0.2) is 78.9 Å². The van der Waals surface area contributed by atoms with Crippen molar-refractivity contribution >= 4 is 22.8 Å². The Hall–Kier alpha value is -4.26. The quantitative estimate of drug-likeness (QED) is 0.147. The van der Waals surface area contributed by atoms with Crippen LogP contribution in [0.3, 0.4) is 0 Å². The normalized spacial score (nSPS) is 11.5. The molecule has 0 spiro atoms. The van der Waals surface area contributed by atoms with Crippen molar-refractivity contribution in [3.8, 4) is 17.0 Å². The SMILES string of the molecule is COc1ccc2nc(-c3ccc([N+](=O)[O-])cc3)c(/C=[N+](\[O-])Cc3ccccc3)cc2c1. The van der Waals surface area contributed by atoms with Gasteiger partial charge < -0.3 is 9.94 Å². The molecule has 4 aromatic rings. The third-order valence-electron chi connectivity index (χ3n) is 4.87. The van der Waals surface area contributed by atoms with Gasteiger partial charge in [0.25, 0.3) is 5.69 Å². The van der Waals surface area contributed by atoms with Crippen molar-refractivity contribution < 1.29 is 14.4 Å².